The lowest BCUT2D eigenvalue weighted by Gasteiger charge is -2.33. The number of carbonyl (C=O) groups excluding carboxylic acids is 2. The summed E-state index contributed by atoms with van der Waals surface area (Å²) in [4.78, 5) is 28.9. The summed E-state index contributed by atoms with van der Waals surface area (Å²) >= 11 is 0. The van der Waals surface area contributed by atoms with E-state index in [1.54, 1.807) is 17.0 Å². The Balaban J connectivity index is 1.61. The smallest absolute Gasteiger partial charge is 0.261 e. The van der Waals surface area contributed by atoms with Crippen LogP contribution in [0.3, 0.4) is 0 Å². The molecule has 1 atom stereocenters. The van der Waals surface area contributed by atoms with Gasteiger partial charge in [-0.1, -0.05) is 91.6 Å². The number of ether oxygens (including phenoxy) is 1. The first-order valence-electron chi connectivity index (χ1n) is 13.1. The maximum absolute atomic E-state index is 14.1. The number of nitrogens with zero attached hydrogens (tertiary/aromatic N) is 1. The van der Waals surface area contributed by atoms with Crippen molar-refractivity contribution >= 4 is 11.8 Å². The van der Waals surface area contributed by atoms with Gasteiger partial charge in [0.15, 0.2) is 18.2 Å². The van der Waals surface area contributed by atoms with Crippen LogP contribution in [-0.2, 0) is 22.6 Å². The first-order valence-corrected chi connectivity index (χ1v) is 13.1. The van der Waals surface area contributed by atoms with Crippen LogP contribution < -0.4 is 10.1 Å². The molecular formula is C31H35FN2O3. The van der Waals surface area contributed by atoms with Crippen LogP contribution in [0.5, 0.6) is 5.75 Å². The normalized spacial score (nSPS) is 14.5. The Morgan fingerprint density at radius 2 is 1.59 bits per heavy atom. The van der Waals surface area contributed by atoms with E-state index in [-0.39, 0.29) is 36.8 Å². The van der Waals surface area contributed by atoms with E-state index >= 15 is 0 Å². The lowest BCUT2D eigenvalue weighted by molar-refractivity contribution is -0.143. The van der Waals surface area contributed by atoms with Crippen LogP contribution >= 0.6 is 0 Å². The largest absolute Gasteiger partial charge is 0.481 e. The lowest BCUT2D eigenvalue weighted by Crippen LogP contribution is -2.53. The monoisotopic (exact) mass is 502 g/mol. The molecule has 0 aliphatic heterocycles. The molecule has 4 rings (SSSR count). The van der Waals surface area contributed by atoms with Crippen LogP contribution in [-0.4, -0.2) is 35.4 Å². The molecule has 3 aromatic carbocycles. The number of nitrogens with one attached hydrogen (secondary N) is 1. The standard InChI is InChI=1S/C31H35FN2O3/c1-23-16-18-25(19-17-23)21-34(30(35)22-37-29-15-9-8-14-27(29)32)28(20-24-10-4-2-5-11-24)31(36)33-26-12-6-3-7-13-26/h2,4-5,8-11,14-19,26,28H,3,6-7,12-13,20-22H2,1H3,(H,33,36)/t28-/m0/s1. The van der Waals surface area contributed by atoms with Gasteiger partial charge in [0.05, 0.1) is 0 Å². The Bertz CT molecular complexity index is 1160. The molecule has 1 aliphatic carbocycles. The van der Waals surface area contributed by atoms with Crippen LogP contribution in [0.25, 0.3) is 0 Å². The number of para-hydroxylation sites is 1. The molecule has 0 unspecified atom stereocenters. The van der Waals surface area contributed by atoms with Crippen molar-refractivity contribution in [1.29, 1.82) is 0 Å². The molecule has 37 heavy (non-hydrogen) atoms. The van der Waals surface area contributed by atoms with Gasteiger partial charge in [-0.15, -0.1) is 0 Å². The summed E-state index contributed by atoms with van der Waals surface area (Å²) < 4.78 is 19.7. The first kappa shape index (κ1) is 26.4. The fourth-order valence-corrected chi connectivity index (χ4v) is 4.77. The minimum absolute atomic E-state index is 0.0115. The molecule has 0 aromatic heterocycles. The van der Waals surface area contributed by atoms with Gasteiger partial charge in [-0.05, 0) is 43.0 Å². The summed E-state index contributed by atoms with van der Waals surface area (Å²) in [5, 5.41) is 3.22. The third-order valence-corrected chi connectivity index (χ3v) is 6.88. The third kappa shape index (κ3) is 7.66. The van der Waals surface area contributed by atoms with E-state index in [2.05, 4.69) is 5.32 Å². The number of amides is 2. The van der Waals surface area contributed by atoms with E-state index in [1.807, 2.05) is 61.5 Å². The summed E-state index contributed by atoms with van der Waals surface area (Å²) in [7, 11) is 0. The highest BCUT2D eigenvalue weighted by Gasteiger charge is 2.32. The van der Waals surface area contributed by atoms with Crippen LogP contribution in [0.4, 0.5) is 4.39 Å². The number of hydrogen-bond donors (Lipinski definition) is 1. The molecule has 1 saturated carbocycles. The zero-order valence-electron chi connectivity index (χ0n) is 21.4. The van der Waals surface area contributed by atoms with Crippen molar-refractivity contribution in [3.05, 3.63) is 101 Å². The molecule has 0 saturated heterocycles. The summed E-state index contributed by atoms with van der Waals surface area (Å²) in [6.07, 6.45) is 5.65. The lowest BCUT2D eigenvalue weighted by atomic mass is 9.94. The highest BCUT2D eigenvalue weighted by molar-refractivity contribution is 5.88. The maximum atomic E-state index is 14.1. The van der Waals surface area contributed by atoms with Gasteiger partial charge in [0.25, 0.3) is 5.91 Å². The molecule has 5 nitrogen and oxygen atoms in total. The van der Waals surface area contributed by atoms with Gasteiger partial charge in [0.2, 0.25) is 5.91 Å². The minimum Gasteiger partial charge on any atom is -0.481 e. The Morgan fingerprint density at radius 3 is 2.30 bits per heavy atom. The van der Waals surface area contributed by atoms with E-state index < -0.39 is 11.9 Å². The predicted molar refractivity (Wildman–Crippen MR) is 143 cm³/mol. The summed E-state index contributed by atoms with van der Waals surface area (Å²) in [5.74, 6) is -1.06. The molecule has 0 bridgehead atoms. The molecule has 0 radical (unpaired) electrons. The minimum atomic E-state index is -0.734. The van der Waals surface area contributed by atoms with E-state index in [0.717, 1.165) is 42.4 Å². The van der Waals surface area contributed by atoms with Gasteiger partial charge in [-0.2, -0.15) is 0 Å². The highest BCUT2D eigenvalue weighted by Crippen LogP contribution is 2.21. The van der Waals surface area contributed by atoms with E-state index in [4.69, 9.17) is 4.74 Å². The molecule has 2 amide bonds. The van der Waals surface area contributed by atoms with Gasteiger partial charge in [0.1, 0.15) is 6.04 Å². The molecular weight excluding hydrogens is 467 g/mol. The van der Waals surface area contributed by atoms with Crippen LogP contribution in [0.1, 0.15) is 48.8 Å². The van der Waals surface area contributed by atoms with Gasteiger partial charge in [-0.25, -0.2) is 4.39 Å². The van der Waals surface area contributed by atoms with Crippen LogP contribution in [0.15, 0.2) is 78.9 Å². The summed E-state index contributed by atoms with van der Waals surface area (Å²) in [5.41, 5.74) is 2.98. The SMILES string of the molecule is Cc1ccc(CN(C(=O)COc2ccccc2F)[C@@H](Cc2ccccc2)C(=O)NC2CCCCC2)cc1. The van der Waals surface area contributed by atoms with Crippen molar-refractivity contribution in [2.75, 3.05) is 6.61 Å². The second-order valence-corrected chi connectivity index (χ2v) is 9.78. The van der Waals surface area contributed by atoms with Crippen LogP contribution in [0, 0.1) is 12.7 Å². The Morgan fingerprint density at radius 1 is 0.919 bits per heavy atom. The van der Waals surface area contributed by atoms with Gasteiger partial charge in [0, 0.05) is 19.0 Å². The number of halogens is 1. The van der Waals surface area contributed by atoms with Gasteiger partial charge in [-0.3, -0.25) is 9.59 Å². The zero-order chi connectivity index (χ0) is 26.0. The number of rotatable bonds is 10. The molecule has 194 valence electrons. The Labute approximate surface area is 218 Å². The fourth-order valence-electron chi connectivity index (χ4n) is 4.77. The quantitative estimate of drug-likeness (QED) is 0.393. The topological polar surface area (TPSA) is 58.6 Å². The third-order valence-electron chi connectivity index (χ3n) is 6.88. The van der Waals surface area contributed by atoms with E-state index in [0.29, 0.717) is 6.42 Å². The number of aryl methyl sites for hydroxylation is 1. The van der Waals surface area contributed by atoms with E-state index in [1.165, 1.54) is 18.6 Å². The fraction of sp³-hybridized carbons (Fsp3) is 0.355. The maximum Gasteiger partial charge on any atom is 0.261 e. The molecule has 1 aliphatic rings. The van der Waals surface area contributed by atoms with Crippen LogP contribution in [0.2, 0.25) is 0 Å². The van der Waals surface area contributed by atoms with Crippen molar-refractivity contribution < 1.29 is 18.7 Å². The van der Waals surface area contributed by atoms with Crippen molar-refractivity contribution in [3.63, 3.8) is 0 Å². The summed E-state index contributed by atoms with van der Waals surface area (Å²) in [6.45, 7) is 1.88. The average molecular weight is 503 g/mol. The second-order valence-electron chi connectivity index (χ2n) is 9.78. The molecule has 0 spiro atoms. The highest BCUT2D eigenvalue weighted by atomic mass is 19.1. The summed E-state index contributed by atoms with van der Waals surface area (Å²) in [6, 6.07) is 23.0. The van der Waals surface area contributed by atoms with E-state index in [9.17, 15) is 14.0 Å². The zero-order valence-corrected chi connectivity index (χ0v) is 21.4. The van der Waals surface area contributed by atoms with Gasteiger partial charge >= 0.3 is 0 Å². The van der Waals surface area contributed by atoms with Crippen molar-refractivity contribution in [1.82, 2.24) is 10.2 Å². The van der Waals surface area contributed by atoms with Crippen molar-refractivity contribution in [3.8, 4) is 5.75 Å². The molecule has 1 N–H and O–H groups in total. The first-order chi connectivity index (χ1) is 18.0. The molecule has 6 heteroatoms. The molecule has 3 aromatic rings. The Kier molecular flexibility index (Phi) is 9.30. The Hall–Kier alpha value is -3.67. The van der Waals surface area contributed by atoms with Crippen molar-refractivity contribution in [2.24, 2.45) is 0 Å². The number of hydrogen-bond acceptors (Lipinski definition) is 3. The second kappa shape index (κ2) is 13.0. The molecule has 0 heterocycles. The van der Waals surface area contributed by atoms with Crippen molar-refractivity contribution in [2.45, 2.75) is 64.1 Å². The number of carbonyl (C=O) groups is 2. The predicted octanol–water partition coefficient (Wildman–Crippen LogP) is 5.60. The average Bonchev–Trinajstić information content (AvgIpc) is 2.92. The number of benzene rings is 3. The van der Waals surface area contributed by atoms with Gasteiger partial charge < -0.3 is 15.0 Å². The molecule has 1 fully saturated rings.